The lowest BCUT2D eigenvalue weighted by Crippen LogP contribution is -2.11. The Hall–Kier alpha value is -1.57. The number of hydrogen-bond donors (Lipinski definition) is 0. The molecule has 2 rings (SSSR count). The van der Waals surface area contributed by atoms with Gasteiger partial charge in [0.1, 0.15) is 0 Å². The number of halogens is 1. The molecule has 19 heavy (non-hydrogen) atoms. The van der Waals surface area contributed by atoms with E-state index < -0.39 is 0 Å². The predicted octanol–water partition coefficient (Wildman–Crippen LogP) is 4.33. The van der Waals surface area contributed by atoms with Gasteiger partial charge in [0.2, 0.25) is 0 Å². The molecule has 1 nitrogen and oxygen atoms in total. The highest BCUT2D eigenvalue weighted by Crippen LogP contribution is 2.29. The van der Waals surface area contributed by atoms with Crippen LogP contribution in [0.4, 0.5) is 0 Å². The second-order valence-corrected chi connectivity index (χ2v) is 5.13. The van der Waals surface area contributed by atoms with Gasteiger partial charge in [-0.15, -0.1) is 0 Å². The fourth-order valence-corrected chi connectivity index (χ4v) is 2.19. The van der Waals surface area contributed by atoms with E-state index in [2.05, 4.69) is 55.4 Å². The van der Waals surface area contributed by atoms with Crippen LogP contribution in [0.25, 0.3) is 5.57 Å². The third kappa shape index (κ3) is 3.69. The summed E-state index contributed by atoms with van der Waals surface area (Å²) in [5.74, 6) is 0. The first-order valence-electron chi connectivity index (χ1n) is 6.33. The van der Waals surface area contributed by atoms with Gasteiger partial charge < -0.3 is 4.90 Å². The smallest absolute Gasteiger partial charge is 0.0484 e. The Kier molecular flexibility index (Phi) is 4.78. The highest BCUT2D eigenvalue weighted by molar-refractivity contribution is 6.32. The van der Waals surface area contributed by atoms with Gasteiger partial charge in [-0.1, -0.05) is 66.2 Å². The summed E-state index contributed by atoms with van der Waals surface area (Å²) >= 11 is 6.33. The molecule has 0 aliphatic carbocycles. The third-order valence-electron chi connectivity index (χ3n) is 2.91. The van der Waals surface area contributed by atoms with Crippen molar-refractivity contribution in [3.8, 4) is 0 Å². The van der Waals surface area contributed by atoms with Crippen LogP contribution in [0.1, 0.15) is 11.1 Å². The number of benzene rings is 2. The number of hydrogen-bond acceptors (Lipinski definition) is 1. The van der Waals surface area contributed by atoms with E-state index in [-0.39, 0.29) is 0 Å². The highest BCUT2D eigenvalue weighted by Gasteiger charge is 2.08. The molecular formula is C17H18ClN. The summed E-state index contributed by atoms with van der Waals surface area (Å²) in [4.78, 5) is 2.14. The van der Waals surface area contributed by atoms with Crippen LogP contribution in [-0.4, -0.2) is 25.5 Å². The van der Waals surface area contributed by atoms with Crippen molar-refractivity contribution in [2.24, 2.45) is 0 Å². The zero-order valence-electron chi connectivity index (χ0n) is 11.3. The van der Waals surface area contributed by atoms with Crippen molar-refractivity contribution >= 4 is 17.2 Å². The van der Waals surface area contributed by atoms with E-state index in [1.807, 2.05) is 24.3 Å². The largest absolute Gasteiger partial charge is 0.306 e. The van der Waals surface area contributed by atoms with E-state index in [0.29, 0.717) is 0 Å². The molecule has 98 valence electrons. The molecule has 2 aromatic rings. The molecule has 0 N–H and O–H groups in total. The normalized spacial score (nSPS) is 11.9. The summed E-state index contributed by atoms with van der Waals surface area (Å²) in [6.07, 6.45) is 2.22. The van der Waals surface area contributed by atoms with Crippen molar-refractivity contribution in [2.75, 3.05) is 20.6 Å². The van der Waals surface area contributed by atoms with Gasteiger partial charge in [0.25, 0.3) is 0 Å². The van der Waals surface area contributed by atoms with Crippen LogP contribution in [0.3, 0.4) is 0 Å². The van der Waals surface area contributed by atoms with Gasteiger partial charge >= 0.3 is 0 Å². The zero-order valence-corrected chi connectivity index (χ0v) is 12.1. The summed E-state index contributed by atoms with van der Waals surface area (Å²) in [6, 6.07) is 18.3. The standard InChI is InChI=1S/C17H18ClN/c1-19(2)13-12-15(14-8-4-3-5-9-14)16-10-6-7-11-17(16)18/h3-12H,13H2,1-2H3/b15-12+. The minimum atomic E-state index is 0.788. The van der Waals surface area contributed by atoms with E-state index in [0.717, 1.165) is 17.1 Å². The molecule has 0 amide bonds. The van der Waals surface area contributed by atoms with Gasteiger partial charge in [-0.3, -0.25) is 0 Å². The summed E-state index contributed by atoms with van der Waals surface area (Å²) in [6.45, 7) is 0.884. The first kappa shape index (κ1) is 13.9. The van der Waals surface area contributed by atoms with Gasteiger partial charge in [-0.25, -0.2) is 0 Å². The lowest BCUT2D eigenvalue weighted by molar-refractivity contribution is 0.457. The quantitative estimate of drug-likeness (QED) is 0.800. The van der Waals surface area contributed by atoms with Gasteiger partial charge in [-0.05, 0) is 31.3 Å². The zero-order chi connectivity index (χ0) is 13.7. The van der Waals surface area contributed by atoms with E-state index in [1.54, 1.807) is 0 Å². The lowest BCUT2D eigenvalue weighted by Gasteiger charge is -2.12. The fraction of sp³-hybridized carbons (Fsp3) is 0.176. The number of nitrogens with zero attached hydrogens (tertiary/aromatic N) is 1. The van der Waals surface area contributed by atoms with Crippen molar-refractivity contribution in [1.29, 1.82) is 0 Å². The number of likely N-dealkylation sites (N-methyl/N-ethyl adjacent to an activating group) is 1. The molecule has 0 bridgehead atoms. The molecule has 0 aliphatic rings. The predicted molar refractivity (Wildman–Crippen MR) is 83.5 cm³/mol. The molecule has 0 saturated heterocycles. The summed E-state index contributed by atoms with van der Waals surface area (Å²) < 4.78 is 0. The van der Waals surface area contributed by atoms with Crippen LogP contribution < -0.4 is 0 Å². The minimum absolute atomic E-state index is 0.788. The van der Waals surface area contributed by atoms with Gasteiger partial charge in [-0.2, -0.15) is 0 Å². The Morgan fingerprint density at radius 2 is 1.63 bits per heavy atom. The molecule has 0 aliphatic heterocycles. The first-order chi connectivity index (χ1) is 9.18. The average Bonchev–Trinajstić information content (AvgIpc) is 2.42. The average molecular weight is 272 g/mol. The Balaban J connectivity index is 2.47. The maximum absolute atomic E-state index is 6.33. The molecule has 0 heterocycles. The van der Waals surface area contributed by atoms with Crippen molar-refractivity contribution < 1.29 is 0 Å². The van der Waals surface area contributed by atoms with Crippen LogP contribution in [-0.2, 0) is 0 Å². The van der Waals surface area contributed by atoms with Crippen LogP contribution >= 0.6 is 11.6 Å². The van der Waals surface area contributed by atoms with Crippen molar-refractivity contribution in [2.45, 2.75) is 0 Å². The second-order valence-electron chi connectivity index (χ2n) is 4.73. The highest BCUT2D eigenvalue weighted by atomic mass is 35.5. The van der Waals surface area contributed by atoms with Crippen LogP contribution in [0, 0.1) is 0 Å². The summed E-state index contributed by atoms with van der Waals surface area (Å²) in [5, 5.41) is 0.788. The molecule has 0 atom stereocenters. The summed E-state index contributed by atoms with van der Waals surface area (Å²) in [5.41, 5.74) is 3.45. The van der Waals surface area contributed by atoms with Crippen molar-refractivity contribution in [3.63, 3.8) is 0 Å². The van der Waals surface area contributed by atoms with E-state index in [1.165, 1.54) is 11.1 Å². The van der Waals surface area contributed by atoms with Gasteiger partial charge in [0, 0.05) is 17.1 Å². The Morgan fingerprint density at radius 3 is 2.26 bits per heavy atom. The van der Waals surface area contributed by atoms with Crippen molar-refractivity contribution in [3.05, 3.63) is 76.8 Å². The maximum Gasteiger partial charge on any atom is 0.0484 e. The third-order valence-corrected chi connectivity index (χ3v) is 3.24. The first-order valence-corrected chi connectivity index (χ1v) is 6.71. The molecule has 2 heteroatoms. The van der Waals surface area contributed by atoms with Crippen LogP contribution in [0.15, 0.2) is 60.7 Å². The Labute approximate surface area is 120 Å². The van der Waals surface area contributed by atoms with Crippen LogP contribution in [0.2, 0.25) is 5.02 Å². The van der Waals surface area contributed by atoms with Gasteiger partial charge in [0.05, 0.1) is 0 Å². The van der Waals surface area contributed by atoms with E-state index in [9.17, 15) is 0 Å². The molecule has 0 fully saturated rings. The molecule has 0 unspecified atom stereocenters. The van der Waals surface area contributed by atoms with Crippen LogP contribution in [0.5, 0.6) is 0 Å². The molecule has 0 radical (unpaired) electrons. The fourth-order valence-electron chi connectivity index (χ4n) is 1.95. The molecule has 0 saturated carbocycles. The topological polar surface area (TPSA) is 3.24 Å². The second kappa shape index (κ2) is 6.55. The maximum atomic E-state index is 6.33. The Morgan fingerprint density at radius 1 is 1.00 bits per heavy atom. The molecular weight excluding hydrogens is 254 g/mol. The number of rotatable bonds is 4. The minimum Gasteiger partial charge on any atom is -0.306 e. The molecule has 0 spiro atoms. The SMILES string of the molecule is CN(C)C/C=C(\c1ccccc1)c1ccccc1Cl. The Bertz CT molecular complexity index is 558. The monoisotopic (exact) mass is 271 g/mol. The lowest BCUT2D eigenvalue weighted by atomic mass is 9.97. The van der Waals surface area contributed by atoms with Gasteiger partial charge in [0.15, 0.2) is 0 Å². The van der Waals surface area contributed by atoms with Crippen molar-refractivity contribution in [1.82, 2.24) is 4.90 Å². The van der Waals surface area contributed by atoms with E-state index in [4.69, 9.17) is 11.6 Å². The molecule has 0 aromatic heterocycles. The summed E-state index contributed by atoms with van der Waals surface area (Å²) in [7, 11) is 4.12. The molecule has 2 aromatic carbocycles. The van der Waals surface area contributed by atoms with E-state index >= 15 is 0 Å².